The Morgan fingerprint density at radius 1 is 1.16 bits per heavy atom. The fraction of sp³-hybridized carbons (Fsp3) is 0.0714. The molecule has 98 valence electrons. The van der Waals surface area contributed by atoms with Crippen LogP contribution in [0.2, 0.25) is 0 Å². The zero-order valence-corrected chi connectivity index (χ0v) is 12.3. The van der Waals surface area contributed by atoms with Crippen LogP contribution in [0.3, 0.4) is 0 Å². The van der Waals surface area contributed by atoms with Gasteiger partial charge in [0.15, 0.2) is 0 Å². The average molecular weight is 339 g/mol. The number of aromatic carboxylic acids is 1. The maximum atomic E-state index is 12.3. The fourth-order valence-electron chi connectivity index (χ4n) is 1.66. The van der Waals surface area contributed by atoms with Gasteiger partial charge in [0.05, 0.1) is 27.0 Å². The van der Waals surface area contributed by atoms with Crippen molar-refractivity contribution in [1.29, 1.82) is 0 Å². The van der Waals surface area contributed by atoms with Crippen molar-refractivity contribution < 1.29 is 14.1 Å². The molecule has 1 N–H and O–H groups in total. The molecule has 0 amide bonds. The third kappa shape index (κ3) is 3.52. The number of carboxylic acids is 1. The Hall–Kier alpha value is -1.46. The topological polar surface area (TPSA) is 54.4 Å². The maximum absolute atomic E-state index is 12.3. The van der Waals surface area contributed by atoms with Crippen molar-refractivity contribution in [2.24, 2.45) is 0 Å². The quantitative estimate of drug-likeness (QED) is 0.928. The molecule has 0 radical (unpaired) electrons. The first-order valence-corrected chi connectivity index (χ1v) is 7.64. The van der Waals surface area contributed by atoms with E-state index < -0.39 is 16.8 Å². The molecule has 0 heterocycles. The van der Waals surface area contributed by atoms with Crippen molar-refractivity contribution in [2.45, 2.75) is 10.6 Å². The van der Waals surface area contributed by atoms with Crippen LogP contribution in [0.1, 0.15) is 15.9 Å². The van der Waals surface area contributed by atoms with Gasteiger partial charge in [-0.15, -0.1) is 0 Å². The van der Waals surface area contributed by atoms with Crippen molar-refractivity contribution in [3.8, 4) is 0 Å². The van der Waals surface area contributed by atoms with E-state index in [1.807, 2.05) is 30.3 Å². The number of carboxylic acid groups (broad SMARTS) is 1. The Labute approximate surface area is 121 Å². The summed E-state index contributed by atoms with van der Waals surface area (Å²) in [6, 6.07) is 14.1. The molecule has 5 heteroatoms. The summed E-state index contributed by atoms with van der Waals surface area (Å²) in [4.78, 5) is 11.5. The highest BCUT2D eigenvalue weighted by Gasteiger charge is 2.16. The van der Waals surface area contributed by atoms with Gasteiger partial charge in [0.2, 0.25) is 0 Å². The molecule has 1 unspecified atom stereocenters. The third-order valence-corrected chi connectivity index (χ3v) is 4.48. The van der Waals surface area contributed by atoms with Gasteiger partial charge in [0.1, 0.15) is 0 Å². The lowest BCUT2D eigenvalue weighted by atomic mass is 10.2. The monoisotopic (exact) mass is 338 g/mol. The molecule has 0 spiro atoms. The number of rotatable bonds is 4. The van der Waals surface area contributed by atoms with Crippen LogP contribution in [-0.2, 0) is 16.6 Å². The van der Waals surface area contributed by atoms with Crippen molar-refractivity contribution >= 4 is 32.7 Å². The molecule has 0 saturated heterocycles. The van der Waals surface area contributed by atoms with Crippen LogP contribution >= 0.6 is 15.9 Å². The van der Waals surface area contributed by atoms with Crippen molar-refractivity contribution in [3.63, 3.8) is 0 Å². The van der Waals surface area contributed by atoms with Gasteiger partial charge in [-0.05, 0) is 23.8 Å². The van der Waals surface area contributed by atoms with Gasteiger partial charge in [0.25, 0.3) is 0 Å². The summed E-state index contributed by atoms with van der Waals surface area (Å²) < 4.78 is 13.0. The van der Waals surface area contributed by atoms with E-state index in [1.165, 1.54) is 6.07 Å². The minimum absolute atomic E-state index is 0.0810. The van der Waals surface area contributed by atoms with E-state index in [1.54, 1.807) is 12.1 Å². The highest BCUT2D eigenvalue weighted by atomic mass is 79.9. The van der Waals surface area contributed by atoms with Crippen LogP contribution in [0.15, 0.2) is 57.9 Å². The Balaban J connectivity index is 2.33. The van der Waals surface area contributed by atoms with E-state index in [-0.39, 0.29) is 5.56 Å². The number of hydrogen-bond acceptors (Lipinski definition) is 2. The van der Waals surface area contributed by atoms with Gasteiger partial charge < -0.3 is 5.11 Å². The zero-order valence-electron chi connectivity index (χ0n) is 9.88. The van der Waals surface area contributed by atoms with Gasteiger partial charge in [0, 0.05) is 4.47 Å². The van der Waals surface area contributed by atoms with Crippen LogP contribution in [0, 0.1) is 0 Å². The molecule has 0 aliphatic carbocycles. The van der Waals surface area contributed by atoms with Gasteiger partial charge in [-0.25, -0.2) is 4.79 Å². The lowest BCUT2D eigenvalue weighted by molar-refractivity contribution is 0.0693. The van der Waals surface area contributed by atoms with Crippen LogP contribution in [0.4, 0.5) is 0 Å². The molecule has 2 aromatic carbocycles. The SMILES string of the molecule is O=C(O)c1ccc(Br)cc1S(=O)Cc1ccccc1. The van der Waals surface area contributed by atoms with Crippen molar-refractivity contribution in [3.05, 3.63) is 64.1 Å². The summed E-state index contributed by atoms with van der Waals surface area (Å²) in [5.41, 5.74) is 0.995. The molecule has 1 atom stereocenters. The number of benzene rings is 2. The van der Waals surface area contributed by atoms with Crippen LogP contribution in [0.25, 0.3) is 0 Å². The predicted octanol–water partition coefficient (Wildman–Crippen LogP) is 3.46. The molecule has 0 aromatic heterocycles. The highest BCUT2D eigenvalue weighted by Crippen LogP contribution is 2.22. The Kier molecular flexibility index (Phi) is 4.50. The van der Waals surface area contributed by atoms with Crippen molar-refractivity contribution in [2.75, 3.05) is 0 Å². The van der Waals surface area contributed by atoms with Crippen LogP contribution < -0.4 is 0 Å². The maximum Gasteiger partial charge on any atom is 0.336 e. The van der Waals surface area contributed by atoms with Gasteiger partial charge in [-0.2, -0.15) is 0 Å². The average Bonchev–Trinajstić information content (AvgIpc) is 2.39. The summed E-state index contributed by atoms with van der Waals surface area (Å²) in [5.74, 6) is -0.763. The van der Waals surface area contributed by atoms with Gasteiger partial charge in [-0.1, -0.05) is 46.3 Å². The molecule has 0 aliphatic heterocycles. The van der Waals surface area contributed by atoms with E-state index in [4.69, 9.17) is 5.11 Å². The van der Waals surface area contributed by atoms with Gasteiger partial charge in [-0.3, -0.25) is 4.21 Å². The largest absolute Gasteiger partial charge is 0.478 e. The second-order valence-corrected chi connectivity index (χ2v) is 6.26. The van der Waals surface area contributed by atoms with Crippen molar-refractivity contribution in [1.82, 2.24) is 0 Å². The van der Waals surface area contributed by atoms with E-state index in [0.29, 0.717) is 15.1 Å². The Morgan fingerprint density at radius 3 is 2.47 bits per heavy atom. The lowest BCUT2D eigenvalue weighted by Gasteiger charge is -2.07. The minimum Gasteiger partial charge on any atom is -0.478 e. The minimum atomic E-state index is -1.39. The molecular weight excluding hydrogens is 328 g/mol. The molecule has 19 heavy (non-hydrogen) atoms. The summed E-state index contributed by atoms with van der Waals surface area (Å²) >= 11 is 3.27. The molecule has 2 aromatic rings. The van der Waals surface area contributed by atoms with E-state index in [0.717, 1.165) is 5.56 Å². The van der Waals surface area contributed by atoms with E-state index in [9.17, 15) is 9.00 Å². The predicted molar refractivity (Wildman–Crippen MR) is 77.7 cm³/mol. The number of hydrogen-bond donors (Lipinski definition) is 1. The first-order valence-electron chi connectivity index (χ1n) is 5.53. The lowest BCUT2D eigenvalue weighted by Crippen LogP contribution is -2.06. The Morgan fingerprint density at radius 2 is 1.84 bits per heavy atom. The third-order valence-electron chi connectivity index (χ3n) is 2.56. The fourth-order valence-corrected chi connectivity index (χ4v) is 3.49. The second kappa shape index (κ2) is 6.12. The van der Waals surface area contributed by atoms with Crippen LogP contribution in [-0.4, -0.2) is 15.3 Å². The Bertz CT molecular complexity index is 626. The van der Waals surface area contributed by atoms with E-state index in [2.05, 4.69) is 15.9 Å². The summed E-state index contributed by atoms with van der Waals surface area (Å²) in [6.45, 7) is 0. The molecule has 0 saturated carbocycles. The first-order chi connectivity index (χ1) is 9.08. The standard InChI is InChI=1S/C14H11BrO3S/c15-11-6-7-12(14(16)17)13(8-11)19(18)9-10-4-2-1-3-5-10/h1-8H,9H2,(H,16,17). The molecule has 0 aliphatic rings. The van der Waals surface area contributed by atoms with Crippen LogP contribution in [0.5, 0.6) is 0 Å². The smallest absolute Gasteiger partial charge is 0.336 e. The normalized spacial score (nSPS) is 12.1. The summed E-state index contributed by atoms with van der Waals surface area (Å²) in [6.07, 6.45) is 0. The molecule has 3 nitrogen and oxygen atoms in total. The van der Waals surface area contributed by atoms with Gasteiger partial charge >= 0.3 is 5.97 Å². The summed E-state index contributed by atoms with van der Waals surface area (Å²) in [7, 11) is -1.39. The highest BCUT2D eigenvalue weighted by molar-refractivity contribution is 9.10. The second-order valence-electron chi connectivity index (χ2n) is 3.92. The number of carbonyl (C=O) groups is 1. The first kappa shape index (κ1) is 14.0. The number of halogens is 1. The molecular formula is C14H11BrO3S. The zero-order chi connectivity index (χ0) is 13.8. The molecule has 2 rings (SSSR count). The summed E-state index contributed by atoms with van der Waals surface area (Å²) in [5, 5.41) is 9.12. The molecule has 0 fully saturated rings. The molecule has 0 bridgehead atoms. The van der Waals surface area contributed by atoms with E-state index >= 15 is 0 Å².